The molecule has 0 radical (unpaired) electrons. The van der Waals surface area contributed by atoms with Crippen LogP contribution in [0.5, 0.6) is 0 Å². The van der Waals surface area contributed by atoms with Gasteiger partial charge in [0, 0.05) is 0 Å². The van der Waals surface area contributed by atoms with Crippen LogP contribution >= 0.6 is 0 Å². The Balaban J connectivity index is 0.000000171. The van der Waals surface area contributed by atoms with E-state index in [1.165, 1.54) is 79.8 Å². The van der Waals surface area contributed by atoms with Gasteiger partial charge >= 0.3 is 46.7 Å². The molecule has 0 saturated heterocycles. The molecule has 8 aromatic rings. The van der Waals surface area contributed by atoms with Crippen molar-refractivity contribution >= 4 is 24.8 Å². The van der Waals surface area contributed by atoms with Crippen molar-refractivity contribution in [3.8, 4) is 44.9 Å². The van der Waals surface area contributed by atoms with Crippen LogP contribution < -0.4 is 24.8 Å². The first-order chi connectivity index (χ1) is 24.2. The molecular weight excluding hydrogens is 759 g/mol. The van der Waals surface area contributed by atoms with Crippen molar-refractivity contribution in [2.45, 2.75) is 53.9 Å². The first-order valence-electron chi connectivity index (χ1n) is 17.5. The third-order valence-electron chi connectivity index (χ3n) is 9.76. The SMILES string of the molecule is Cc1ccc(-c2cc3c(-c4ccccc4)c(C)c(C)cc3[cH-]2)o1.Cc1ccc(-c2cc3c(-c4ccccc4)c(C)ccc3[cH-]2)o1.[Cl-].[Cl-].[Zr+2]=[C]1CCC1. The fourth-order valence-electron chi connectivity index (χ4n) is 6.78. The molecule has 0 atom stereocenters. The quantitative estimate of drug-likeness (QED) is 0.174. The molecule has 262 valence electrons. The fourth-order valence-corrected chi connectivity index (χ4v) is 7.64. The predicted octanol–water partition coefficient (Wildman–Crippen LogP) is 7.41. The summed E-state index contributed by atoms with van der Waals surface area (Å²) in [4.78, 5) is 0. The molecular formula is C47H42Cl2O2Zr-2. The number of hydrogen-bond donors (Lipinski definition) is 0. The Morgan fingerprint density at radius 2 is 1.00 bits per heavy atom. The summed E-state index contributed by atoms with van der Waals surface area (Å²) in [6, 6.07) is 44.9. The zero-order valence-corrected chi connectivity index (χ0v) is 34.3. The van der Waals surface area contributed by atoms with Gasteiger partial charge in [0.05, 0.1) is 23.0 Å². The van der Waals surface area contributed by atoms with E-state index in [9.17, 15) is 0 Å². The Morgan fingerprint density at radius 3 is 1.46 bits per heavy atom. The molecule has 2 heterocycles. The van der Waals surface area contributed by atoms with E-state index in [0.29, 0.717) is 0 Å². The molecule has 0 aliphatic heterocycles. The normalized spacial score (nSPS) is 11.9. The van der Waals surface area contributed by atoms with Gasteiger partial charge < -0.3 is 33.6 Å². The van der Waals surface area contributed by atoms with Gasteiger partial charge in [-0.05, 0) is 81.1 Å². The van der Waals surface area contributed by atoms with Gasteiger partial charge in [-0.2, -0.15) is 0 Å². The third-order valence-corrected chi connectivity index (χ3v) is 11.0. The molecule has 0 bridgehead atoms. The van der Waals surface area contributed by atoms with Gasteiger partial charge in [0.2, 0.25) is 0 Å². The van der Waals surface area contributed by atoms with Crippen molar-refractivity contribution in [3.05, 3.63) is 156 Å². The van der Waals surface area contributed by atoms with Gasteiger partial charge in [0.15, 0.2) is 0 Å². The predicted molar refractivity (Wildman–Crippen MR) is 208 cm³/mol. The van der Waals surface area contributed by atoms with Crippen LogP contribution in [0.2, 0.25) is 0 Å². The Kier molecular flexibility index (Phi) is 13.0. The summed E-state index contributed by atoms with van der Waals surface area (Å²) in [5, 5.41) is 5.11. The maximum absolute atomic E-state index is 5.81. The zero-order chi connectivity index (χ0) is 34.8. The van der Waals surface area contributed by atoms with Gasteiger partial charge in [-0.15, -0.1) is 57.9 Å². The molecule has 1 fully saturated rings. The van der Waals surface area contributed by atoms with Crippen molar-refractivity contribution in [2.75, 3.05) is 0 Å². The fraction of sp³-hybridized carbons (Fsp3) is 0.170. The van der Waals surface area contributed by atoms with Crippen molar-refractivity contribution < 1.29 is 57.9 Å². The van der Waals surface area contributed by atoms with E-state index in [4.69, 9.17) is 8.83 Å². The van der Waals surface area contributed by atoms with E-state index in [1.54, 1.807) is 27.4 Å². The monoisotopic (exact) mass is 798 g/mol. The molecule has 1 saturated carbocycles. The van der Waals surface area contributed by atoms with Gasteiger partial charge in [0.25, 0.3) is 0 Å². The van der Waals surface area contributed by atoms with E-state index < -0.39 is 0 Å². The molecule has 5 heteroatoms. The number of rotatable bonds is 4. The summed E-state index contributed by atoms with van der Waals surface area (Å²) in [5.41, 5.74) is 11.4. The molecule has 2 nitrogen and oxygen atoms in total. The van der Waals surface area contributed by atoms with Crippen LogP contribution in [0, 0.1) is 34.6 Å². The molecule has 1 aliphatic rings. The molecule has 9 rings (SSSR count). The molecule has 0 spiro atoms. The third kappa shape index (κ3) is 8.45. The number of hydrogen-bond acceptors (Lipinski definition) is 2. The second-order valence-electron chi connectivity index (χ2n) is 13.5. The Morgan fingerprint density at radius 1 is 0.519 bits per heavy atom. The molecule has 1 aliphatic carbocycles. The molecule has 0 amide bonds. The first-order valence-corrected chi connectivity index (χ1v) is 18.7. The molecule has 6 aromatic carbocycles. The standard InChI is InChI=1S/C22H19O.C21H17O.C4H6.2ClH.Zr/c1-14-11-18-12-19(21-10-9-15(2)23-21)13-20(18)22(16(14)3)17-7-5-4-6-8-17;1-14-8-10-17-12-18(20-11-9-15(2)22-20)13-19(17)21(14)16-6-4-3-5-7-16;1-2-4-3-1;;;/h4-13H,1-3H3;3-13H,1-2H3;1-3H2;2*1H;/q2*-1;;;;+2/p-2. The number of benzene rings is 4. The summed E-state index contributed by atoms with van der Waals surface area (Å²) in [6.45, 7) is 10.5. The second-order valence-corrected chi connectivity index (χ2v) is 15.2. The Hall–Kier alpha value is -4.01. The summed E-state index contributed by atoms with van der Waals surface area (Å²) in [5.74, 6) is 3.76. The molecule has 0 N–H and O–H groups in total. The van der Waals surface area contributed by atoms with E-state index >= 15 is 0 Å². The van der Waals surface area contributed by atoms with Gasteiger partial charge in [-0.25, -0.2) is 0 Å². The van der Waals surface area contributed by atoms with Gasteiger partial charge in [0.1, 0.15) is 0 Å². The van der Waals surface area contributed by atoms with Crippen LogP contribution in [0.4, 0.5) is 0 Å². The molecule has 0 unspecified atom stereocenters. The van der Waals surface area contributed by atoms with E-state index in [-0.39, 0.29) is 24.8 Å². The maximum atomic E-state index is 5.81. The average molecular weight is 801 g/mol. The van der Waals surface area contributed by atoms with Crippen molar-refractivity contribution in [1.82, 2.24) is 0 Å². The van der Waals surface area contributed by atoms with Crippen molar-refractivity contribution in [2.24, 2.45) is 0 Å². The van der Waals surface area contributed by atoms with Crippen LogP contribution in [0.1, 0.15) is 47.5 Å². The summed E-state index contributed by atoms with van der Waals surface area (Å²) in [7, 11) is 0. The van der Waals surface area contributed by atoms with Crippen LogP contribution in [-0.2, 0) is 24.2 Å². The topological polar surface area (TPSA) is 26.3 Å². The number of aryl methyl sites for hydroxylation is 4. The second kappa shape index (κ2) is 17.2. The number of furan rings is 2. The molecule has 2 aromatic heterocycles. The number of fused-ring (bicyclic) bond motifs is 2. The average Bonchev–Trinajstić information content (AvgIpc) is 3.92. The molecule has 52 heavy (non-hydrogen) atoms. The zero-order valence-electron chi connectivity index (χ0n) is 30.3. The van der Waals surface area contributed by atoms with Crippen molar-refractivity contribution in [1.29, 1.82) is 0 Å². The van der Waals surface area contributed by atoms with Crippen LogP contribution in [0.25, 0.3) is 66.4 Å². The van der Waals surface area contributed by atoms with Crippen molar-refractivity contribution in [3.63, 3.8) is 0 Å². The Labute approximate surface area is 334 Å². The van der Waals surface area contributed by atoms with E-state index in [2.05, 4.69) is 124 Å². The van der Waals surface area contributed by atoms with E-state index in [0.717, 1.165) is 34.2 Å². The van der Waals surface area contributed by atoms with Crippen LogP contribution in [0.15, 0.2) is 136 Å². The van der Waals surface area contributed by atoms with E-state index in [1.807, 2.05) is 38.1 Å². The van der Waals surface area contributed by atoms with Crippen LogP contribution in [-0.4, -0.2) is 3.21 Å². The Bertz CT molecular complexity index is 2420. The minimum atomic E-state index is 0. The minimum absolute atomic E-state index is 0. The van der Waals surface area contributed by atoms with Crippen LogP contribution in [0.3, 0.4) is 0 Å². The first kappa shape index (κ1) is 39.2. The van der Waals surface area contributed by atoms with Gasteiger partial charge in [-0.3, -0.25) is 0 Å². The van der Waals surface area contributed by atoms with Gasteiger partial charge in [-0.1, -0.05) is 94.5 Å². The summed E-state index contributed by atoms with van der Waals surface area (Å²) in [6.07, 6.45) is 4.36. The number of halogens is 2. The summed E-state index contributed by atoms with van der Waals surface area (Å²) < 4.78 is 13.4. The summed E-state index contributed by atoms with van der Waals surface area (Å²) >= 11 is 1.67.